The van der Waals surface area contributed by atoms with Crippen LogP contribution in [-0.2, 0) is 4.79 Å². The number of hydrogen-bond acceptors (Lipinski definition) is 1. The molecule has 0 fully saturated rings. The monoisotopic (exact) mass is 178 g/mol. The molecule has 0 aliphatic carbocycles. The van der Waals surface area contributed by atoms with Crippen LogP contribution < -0.4 is 0 Å². The number of rotatable bonds is 3. The molecule has 0 amide bonds. The van der Waals surface area contributed by atoms with Crippen molar-refractivity contribution in [3.63, 3.8) is 0 Å². The molecule has 1 atom stereocenters. The number of allylic oxidation sites excluding steroid dienone is 1. The van der Waals surface area contributed by atoms with E-state index >= 15 is 0 Å². The maximum Gasteiger partial charge on any atom is 0.304 e. The Bertz CT molecular complexity index is 101. The molecule has 8 heavy (non-hydrogen) atoms. The molecule has 0 radical (unpaired) electrons. The lowest BCUT2D eigenvalue weighted by atomic mass is 10.3. The van der Waals surface area contributed by atoms with Gasteiger partial charge in [-0.15, -0.1) is 6.58 Å². The van der Waals surface area contributed by atoms with Gasteiger partial charge in [0.25, 0.3) is 0 Å². The van der Waals surface area contributed by atoms with Crippen LogP contribution in [0.15, 0.2) is 12.7 Å². The van der Waals surface area contributed by atoms with E-state index in [2.05, 4.69) is 22.5 Å². The molecule has 1 unspecified atom stereocenters. The van der Waals surface area contributed by atoms with Gasteiger partial charge >= 0.3 is 5.97 Å². The van der Waals surface area contributed by atoms with Crippen LogP contribution in [0, 0.1) is 0 Å². The Hall–Kier alpha value is -0.310. The summed E-state index contributed by atoms with van der Waals surface area (Å²) in [5.41, 5.74) is 0. The molecule has 0 aromatic rings. The van der Waals surface area contributed by atoms with Crippen molar-refractivity contribution in [1.29, 1.82) is 0 Å². The van der Waals surface area contributed by atoms with Gasteiger partial charge in [0.1, 0.15) is 0 Å². The maximum atomic E-state index is 9.89. The summed E-state index contributed by atoms with van der Waals surface area (Å²) in [6.07, 6.45) is 1.65. The predicted octanol–water partition coefficient (Wildman–Crippen LogP) is 1.41. The van der Waals surface area contributed by atoms with Gasteiger partial charge in [-0.3, -0.25) is 4.79 Å². The van der Waals surface area contributed by atoms with E-state index in [1.165, 1.54) is 0 Å². The van der Waals surface area contributed by atoms with Gasteiger partial charge in [-0.2, -0.15) is 0 Å². The van der Waals surface area contributed by atoms with E-state index < -0.39 is 5.97 Å². The van der Waals surface area contributed by atoms with Gasteiger partial charge in [-0.1, -0.05) is 22.0 Å². The molecule has 0 rings (SSSR count). The van der Waals surface area contributed by atoms with Crippen LogP contribution in [0.5, 0.6) is 0 Å². The number of carboxylic acid groups (broad SMARTS) is 1. The molecule has 3 heteroatoms. The highest BCUT2D eigenvalue weighted by atomic mass is 79.9. The SMILES string of the molecule is C=CC(Br)CC(=O)O. The zero-order valence-corrected chi connectivity index (χ0v) is 5.89. The van der Waals surface area contributed by atoms with Crippen molar-refractivity contribution in [2.75, 3.05) is 0 Å². The average Bonchev–Trinajstić information content (AvgIpc) is 1.65. The number of halogens is 1. The van der Waals surface area contributed by atoms with Gasteiger partial charge in [-0.05, 0) is 0 Å². The van der Waals surface area contributed by atoms with Crippen molar-refractivity contribution < 1.29 is 9.90 Å². The molecule has 46 valence electrons. The Labute approximate surface area is 56.3 Å². The molecule has 0 saturated heterocycles. The van der Waals surface area contributed by atoms with Crippen LogP contribution in [0.3, 0.4) is 0 Å². The largest absolute Gasteiger partial charge is 0.481 e. The first kappa shape index (κ1) is 7.69. The highest BCUT2D eigenvalue weighted by Crippen LogP contribution is 2.04. The molecule has 0 aromatic heterocycles. The number of aliphatic carboxylic acids is 1. The van der Waals surface area contributed by atoms with Gasteiger partial charge in [-0.25, -0.2) is 0 Å². The summed E-state index contributed by atoms with van der Waals surface area (Å²) in [6, 6.07) is 0. The van der Waals surface area contributed by atoms with Crippen LogP contribution in [-0.4, -0.2) is 15.9 Å². The van der Waals surface area contributed by atoms with E-state index in [0.717, 1.165) is 0 Å². The maximum absolute atomic E-state index is 9.89. The molecule has 0 aromatic carbocycles. The number of carbonyl (C=O) groups is 1. The van der Waals surface area contributed by atoms with Gasteiger partial charge in [0, 0.05) is 4.83 Å². The molecule has 0 aliphatic rings. The Morgan fingerprint density at radius 1 is 2.00 bits per heavy atom. The summed E-state index contributed by atoms with van der Waals surface area (Å²) < 4.78 is 0. The van der Waals surface area contributed by atoms with Crippen LogP contribution in [0.1, 0.15) is 6.42 Å². The quantitative estimate of drug-likeness (QED) is 0.525. The number of carboxylic acids is 1. The summed E-state index contributed by atoms with van der Waals surface area (Å²) in [7, 11) is 0. The van der Waals surface area contributed by atoms with Crippen molar-refractivity contribution in [3.05, 3.63) is 12.7 Å². The minimum atomic E-state index is -0.813. The first-order valence-electron chi connectivity index (χ1n) is 2.15. The van der Waals surface area contributed by atoms with Crippen molar-refractivity contribution in [2.24, 2.45) is 0 Å². The molecule has 0 bridgehead atoms. The minimum Gasteiger partial charge on any atom is -0.481 e. The van der Waals surface area contributed by atoms with Crippen LogP contribution in [0.25, 0.3) is 0 Å². The lowest BCUT2D eigenvalue weighted by Gasteiger charge is -1.94. The Balaban J connectivity index is 3.38. The number of hydrogen-bond donors (Lipinski definition) is 1. The van der Waals surface area contributed by atoms with E-state index in [4.69, 9.17) is 5.11 Å². The van der Waals surface area contributed by atoms with Crippen LogP contribution in [0.4, 0.5) is 0 Å². The third kappa shape index (κ3) is 3.87. The molecule has 0 spiro atoms. The normalized spacial score (nSPS) is 12.6. The highest BCUT2D eigenvalue weighted by molar-refractivity contribution is 9.09. The zero-order valence-electron chi connectivity index (χ0n) is 4.30. The first-order chi connectivity index (χ1) is 3.66. The van der Waals surface area contributed by atoms with E-state index in [0.29, 0.717) is 0 Å². The van der Waals surface area contributed by atoms with E-state index in [9.17, 15) is 4.79 Å². The second kappa shape index (κ2) is 3.66. The Morgan fingerprint density at radius 2 is 2.50 bits per heavy atom. The van der Waals surface area contributed by atoms with Gasteiger partial charge < -0.3 is 5.11 Å². The topological polar surface area (TPSA) is 37.3 Å². The molecular weight excluding hydrogens is 172 g/mol. The minimum absolute atomic E-state index is 0.0972. The molecular formula is C5H7BrO2. The van der Waals surface area contributed by atoms with E-state index in [1.54, 1.807) is 6.08 Å². The van der Waals surface area contributed by atoms with Crippen molar-refractivity contribution >= 4 is 21.9 Å². The smallest absolute Gasteiger partial charge is 0.304 e. The summed E-state index contributed by atoms with van der Waals surface area (Å²) >= 11 is 3.08. The number of alkyl halides is 1. The second-order valence-electron chi connectivity index (χ2n) is 1.35. The van der Waals surface area contributed by atoms with Crippen molar-refractivity contribution in [3.8, 4) is 0 Å². The summed E-state index contributed by atoms with van der Waals surface area (Å²) in [4.78, 5) is 9.79. The van der Waals surface area contributed by atoms with Gasteiger partial charge in [0.2, 0.25) is 0 Å². The Kier molecular flexibility index (Phi) is 3.52. The molecule has 1 N–H and O–H groups in total. The standard InChI is InChI=1S/C5H7BrO2/c1-2-4(6)3-5(7)8/h2,4H,1,3H2,(H,7,8). The third-order valence-electron chi connectivity index (χ3n) is 0.625. The zero-order chi connectivity index (χ0) is 6.57. The fraction of sp³-hybridized carbons (Fsp3) is 0.400. The van der Waals surface area contributed by atoms with Gasteiger partial charge in [0.05, 0.1) is 6.42 Å². The lowest BCUT2D eigenvalue weighted by molar-refractivity contribution is -0.136. The Morgan fingerprint density at radius 3 is 2.62 bits per heavy atom. The third-order valence-corrected chi connectivity index (χ3v) is 1.32. The van der Waals surface area contributed by atoms with Crippen LogP contribution >= 0.6 is 15.9 Å². The van der Waals surface area contributed by atoms with E-state index in [1.807, 2.05) is 0 Å². The highest BCUT2D eigenvalue weighted by Gasteiger charge is 2.02. The molecule has 2 nitrogen and oxygen atoms in total. The summed E-state index contributed by atoms with van der Waals surface area (Å²) in [5, 5.41) is 8.14. The molecule has 0 saturated carbocycles. The fourth-order valence-corrected chi connectivity index (χ4v) is 0.527. The van der Waals surface area contributed by atoms with Gasteiger partial charge in [0.15, 0.2) is 0 Å². The lowest BCUT2D eigenvalue weighted by Crippen LogP contribution is -2.02. The second-order valence-corrected chi connectivity index (χ2v) is 2.53. The van der Waals surface area contributed by atoms with E-state index in [-0.39, 0.29) is 11.2 Å². The molecule has 0 aliphatic heterocycles. The molecule has 0 heterocycles. The first-order valence-corrected chi connectivity index (χ1v) is 3.07. The summed E-state index contributed by atoms with van der Waals surface area (Å²) in [5.74, 6) is -0.813. The van der Waals surface area contributed by atoms with Crippen LogP contribution in [0.2, 0.25) is 0 Å². The fourth-order valence-electron chi connectivity index (χ4n) is 0.250. The summed E-state index contributed by atoms with van der Waals surface area (Å²) in [6.45, 7) is 3.40. The average molecular weight is 179 g/mol. The van der Waals surface area contributed by atoms with Crippen molar-refractivity contribution in [2.45, 2.75) is 11.2 Å². The van der Waals surface area contributed by atoms with Crippen molar-refractivity contribution in [1.82, 2.24) is 0 Å². The predicted molar refractivity (Wildman–Crippen MR) is 35.2 cm³/mol.